The van der Waals surface area contributed by atoms with Crippen molar-refractivity contribution in [3.05, 3.63) is 65.2 Å². The Balaban J connectivity index is 1.52. The number of Topliss-reactive ketones (excluding diaryl/α,β-unsaturated/α-hetero) is 1. The predicted octanol–water partition coefficient (Wildman–Crippen LogP) is 5.48. The molecule has 0 radical (unpaired) electrons. The molecule has 5 nitrogen and oxygen atoms in total. The highest BCUT2D eigenvalue weighted by Gasteiger charge is 2.61. The highest BCUT2D eigenvalue weighted by molar-refractivity contribution is 6.06. The number of hydrogen-bond donors (Lipinski definition) is 1. The number of benzene rings is 2. The number of hydrogen-bond acceptors (Lipinski definition) is 5. The van der Waals surface area contributed by atoms with E-state index in [-0.39, 0.29) is 11.7 Å². The lowest BCUT2D eigenvalue weighted by molar-refractivity contribution is -0.323. The molecule has 1 N–H and O–H groups in total. The third-order valence-electron chi connectivity index (χ3n) is 7.87. The first-order chi connectivity index (χ1) is 16.0. The van der Waals surface area contributed by atoms with E-state index in [2.05, 4.69) is 0 Å². The zero-order valence-corrected chi connectivity index (χ0v) is 19.4. The number of methoxy groups -OCH3 is 2. The molecule has 174 valence electrons. The number of allylic oxidation sites excluding steroid dienone is 1. The number of carbonyl (C=O) groups excluding carboxylic acids is 1. The highest BCUT2D eigenvalue weighted by atomic mass is 16.6. The molecule has 4 atom stereocenters. The summed E-state index contributed by atoms with van der Waals surface area (Å²) in [5, 5.41) is 11.4. The van der Waals surface area contributed by atoms with E-state index in [0.717, 1.165) is 53.9 Å². The summed E-state index contributed by atoms with van der Waals surface area (Å²) in [5.41, 5.74) is 2.10. The molecule has 3 aliphatic rings. The highest BCUT2D eigenvalue weighted by Crippen LogP contribution is 2.61. The quantitative estimate of drug-likeness (QED) is 0.628. The van der Waals surface area contributed by atoms with Crippen LogP contribution in [0, 0.1) is 11.3 Å². The number of ether oxygens (including phenoxy) is 3. The Morgan fingerprint density at radius 2 is 1.64 bits per heavy atom. The average Bonchev–Trinajstić information content (AvgIpc) is 3.15. The Bertz CT molecular complexity index is 1040. The zero-order valence-electron chi connectivity index (χ0n) is 19.4. The van der Waals surface area contributed by atoms with Gasteiger partial charge in [-0.15, -0.1) is 0 Å². The van der Waals surface area contributed by atoms with E-state index in [1.54, 1.807) is 14.2 Å². The van der Waals surface area contributed by atoms with Gasteiger partial charge in [0.05, 0.1) is 25.7 Å². The third-order valence-corrected chi connectivity index (χ3v) is 7.87. The summed E-state index contributed by atoms with van der Waals surface area (Å²) in [5.74, 6) is 0.548. The number of aliphatic hydroxyl groups is 1. The largest absolute Gasteiger partial charge is 0.497 e. The fraction of sp³-hybridized carbons (Fsp3) is 0.464. The van der Waals surface area contributed by atoms with Gasteiger partial charge < -0.3 is 19.3 Å². The maximum absolute atomic E-state index is 14.0. The van der Waals surface area contributed by atoms with Gasteiger partial charge in [-0.2, -0.15) is 0 Å². The van der Waals surface area contributed by atoms with E-state index in [1.165, 1.54) is 0 Å². The van der Waals surface area contributed by atoms with Crippen molar-refractivity contribution in [2.75, 3.05) is 14.2 Å². The Kier molecular flexibility index (Phi) is 5.79. The molecule has 1 spiro atoms. The minimum Gasteiger partial charge on any atom is -0.497 e. The van der Waals surface area contributed by atoms with Crippen LogP contribution in [-0.2, 0) is 9.53 Å². The van der Waals surface area contributed by atoms with Gasteiger partial charge in [-0.05, 0) is 79.1 Å². The first-order valence-corrected chi connectivity index (χ1v) is 11.9. The van der Waals surface area contributed by atoms with E-state index < -0.39 is 17.3 Å². The molecule has 2 saturated carbocycles. The molecule has 2 aliphatic carbocycles. The molecule has 5 rings (SSSR count). The molecule has 0 amide bonds. The Labute approximate surface area is 195 Å². The SMILES string of the molecule is COc1ccc(C=C2CCC3(CC4CCCC[C@@]4(O)OC3c3ccc(OC)cc3)C2=O)cc1. The lowest BCUT2D eigenvalue weighted by Gasteiger charge is -2.53. The number of carbonyl (C=O) groups is 1. The molecule has 3 unspecified atom stereocenters. The second-order valence-electron chi connectivity index (χ2n) is 9.69. The monoisotopic (exact) mass is 448 g/mol. The summed E-state index contributed by atoms with van der Waals surface area (Å²) in [4.78, 5) is 14.0. The van der Waals surface area contributed by atoms with E-state index >= 15 is 0 Å². The lowest BCUT2D eigenvalue weighted by Crippen LogP contribution is -2.55. The van der Waals surface area contributed by atoms with Gasteiger partial charge in [0.2, 0.25) is 0 Å². The van der Waals surface area contributed by atoms with Gasteiger partial charge in [-0.1, -0.05) is 30.7 Å². The van der Waals surface area contributed by atoms with Gasteiger partial charge in [0.25, 0.3) is 0 Å². The van der Waals surface area contributed by atoms with Crippen molar-refractivity contribution in [1.82, 2.24) is 0 Å². The summed E-state index contributed by atoms with van der Waals surface area (Å²) < 4.78 is 17.1. The van der Waals surface area contributed by atoms with Crippen LogP contribution in [-0.4, -0.2) is 30.9 Å². The zero-order chi connectivity index (χ0) is 23.1. The van der Waals surface area contributed by atoms with Crippen LogP contribution in [0.5, 0.6) is 11.5 Å². The average molecular weight is 449 g/mol. The van der Waals surface area contributed by atoms with Crippen LogP contribution in [0.3, 0.4) is 0 Å². The number of ketones is 1. The number of rotatable bonds is 4. The topological polar surface area (TPSA) is 65.0 Å². The maximum Gasteiger partial charge on any atom is 0.169 e. The van der Waals surface area contributed by atoms with Crippen molar-refractivity contribution in [2.24, 2.45) is 11.3 Å². The van der Waals surface area contributed by atoms with Crippen LogP contribution in [0.15, 0.2) is 54.1 Å². The summed E-state index contributed by atoms with van der Waals surface area (Å²) >= 11 is 0. The Morgan fingerprint density at radius 3 is 2.30 bits per heavy atom. The van der Waals surface area contributed by atoms with Crippen LogP contribution in [0.25, 0.3) is 6.08 Å². The fourth-order valence-electron chi connectivity index (χ4n) is 6.03. The van der Waals surface area contributed by atoms with Gasteiger partial charge in [-0.3, -0.25) is 4.79 Å². The van der Waals surface area contributed by atoms with Gasteiger partial charge in [-0.25, -0.2) is 0 Å². The van der Waals surface area contributed by atoms with E-state index in [9.17, 15) is 9.90 Å². The predicted molar refractivity (Wildman–Crippen MR) is 126 cm³/mol. The Hall–Kier alpha value is -2.63. The van der Waals surface area contributed by atoms with Crippen LogP contribution >= 0.6 is 0 Å². The van der Waals surface area contributed by atoms with Crippen LogP contribution in [0.1, 0.15) is 62.2 Å². The van der Waals surface area contributed by atoms with Crippen molar-refractivity contribution < 1.29 is 24.1 Å². The van der Waals surface area contributed by atoms with Gasteiger partial charge in [0.1, 0.15) is 11.5 Å². The van der Waals surface area contributed by atoms with Crippen molar-refractivity contribution in [3.63, 3.8) is 0 Å². The fourth-order valence-corrected chi connectivity index (χ4v) is 6.03. The third kappa shape index (κ3) is 3.87. The first-order valence-electron chi connectivity index (χ1n) is 11.9. The van der Waals surface area contributed by atoms with Crippen molar-refractivity contribution in [2.45, 2.75) is 56.8 Å². The van der Waals surface area contributed by atoms with Gasteiger partial charge >= 0.3 is 0 Å². The second-order valence-corrected chi connectivity index (χ2v) is 9.69. The lowest BCUT2D eigenvalue weighted by atomic mass is 9.63. The Morgan fingerprint density at radius 1 is 0.970 bits per heavy atom. The van der Waals surface area contributed by atoms with E-state index in [0.29, 0.717) is 19.3 Å². The summed E-state index contributed by atoms with van der Waals surface area (Å²) in [6.45, 7) is 0. The summed E-state index contributed by atoms with van der Waals surface area (Å²) in [6, 6.07) is 15.5. The van der Waals surface area contributed by atoms with Gasteiger partial charge in [0.15, 0.2) is 11.6 Å². The molecule has 0 aromatic heterocycles. The van der Waals surface area contributed by atoms with Crippen LogP contribution < -0.4 is 9.47 Å². The maximum atomic E-state index is 14.0. The molecule has 1 heterocycles. The van der Waals surface area contributed by atoms with E-state index in [4.69, 9.17) is 14.2 Å². The van der Waals surface area contributed by atoms with E-state index in [1.807, 2.05) is 54.6 Å². The normalized spacial score (nSPS) is 32.7. The van der Waals surface area contributed by atoms with Crippen LogP contribution in [0.2, 0.25) is 0 Å². The molecule has 0 bridgehead atoms. The molecular weight excluding hydrogens is 416 g/mol. The molecule has 3 fully saturated rings. The smallest absolute Gasteiger partial charge is 0.169 e. The molecule has 1 aliphatic heterocycles. The van der Waals surface area contributed by atoms with Crippen molar-refractivity contribution >= 4 is 11.9 Å². The molecule has 5 heteroatoms. The molecular formula is C28H32O5. The standard InChI is InChI=1S/C28H32O5/c1-31-23-10-6-19(7-11-23)17-21-14-16-27(25(21)29)18-22-5-3-4-15-28(22,30)33-26(27)20-8-12-24(32-2)13-9-20/h6-13,17,22,26,30H,3-5,14-16,18H2,1-2H3/t22?,26?,27?,28-/m1/s1. The van der Waals surface area contributed by atoms with Crippen molar-refractivity contribution in [3.8, 4) is 11.5 Å². The van der Waals surface area contributed by atoms with Crippen molar-refractivity contribution in [1.29, 1.82) is 0 Å². The van der Waals surface area contributed by atoms with Gasteiger partial charge in [0, 0.05) is 12.3 Å². The first kappa shape index (κ1) is 22.2. The summed E-state index contributed by atoms with van der Waals surface area (Å²) in [6.07, 6.45) is 7.19. The summed E-state index contributed by atoms with van der Waals surface area (Å²) in [7, 11) is 3.28. The minimum atomic E-state index is -1.16. The van der Waals surface area contributed by atoms with Crippen LogP contribution in [0.4, 0.5) is 0 Å². The molecule has 2 aromatic carbocycles. The molecule has 1 saturated heterocycles. The minimum absolute atomic E-state index is 0.00923. The number of fused-ring (bicyclic) bond motifs is 1. The molecule has 33 heavy (non-hydrogen) atoms. The molecule has 2 aromatic rings. The second kappa shape index (κ2) is 8.62.